The van der Waals surface area contributed by atoms with E-state index in [0.29, 0.717) is 11.4 Å². The van der Waals surface area contributed by atoms with E-state index in [1.807, 2.05) is 6.07 Å². The lowest BCUT2D eigenvalue weighted by Crippen LogP contribution is -2.13. The Morgan fingerprint density at radius 1 is 1.42 bits per heavy atom. The van der Waals surface area contributed by atoms with Gasteiger partial charge < -0.3 is 0 Å². The van der Waals surface area contributed by atoms with Gasteiger partial charge in [0.2, 0.25) is 10.0 Å². The molecule has 0 fully saturated rings. The minimum atomic E-state index is -3.18. The Labute approximate surface area is 84.4 Å². The zero-order valence-corrected chi connectivity index (χ0v) is 9.02. The van der Waals surface area contributed by atoms with E-state index in [2.05, 4.69) is 27.3 Å². The summed E-state index contributed by atoms with van der Waals surface area (Å²) < 4.78 is 26.0. The molecule has 0 aliphatic carbocycles. The average Bonchev–Trinajstić information content (AvgIpc) is 2.27. The zero-order chi connectivity index (χ0) is 8.77. The molecule has 2 rings (SSSR count). The fourth-order valence-electron chi connectivity index (χ4n) is 1.20. The van der Waals surface area contributed by atoms with Gasteiger partial charge in [-0.15, -0.1) is 0 Å². The minimum absolute atomic E-state index is 0.419. The number of nitrogens with one attached hydrogen (secondary N) is 1. The average molecular weight is 295 g/mol. The number of halogens is 1. The summed E-state index contributed by atoms with van der Waals surface area (Å²) in [6.45, 7) is 0.425. The predicted molar refractivity (Wildman–Crippen MR) is 53.2 cm³/mol. The lowest BCUT2D eigenvalue weighted by Gasteiger charge is -1.95. The van der Waals surface area contributed by atoms with Crippen LogP contribution in [0.5, 0.6) is 0 Å². The van der Waals surface area contributed by atoms with Gasteiger partial charge in [0.15, 0.2) is 0 Å². The number of hydrogen-bond acceptors (Lipinski definition) is 2. The first kappa shape index (κ1) is 8.46. The molecule has 0 saturated carbocycles. The normalized spacial score (nSPS) is 19.1. The van der Waals surface area contributed by atoms with E-state index in [-0.39, 0.29) is 0 Å². The Bertz CT molecular complexity index is 427. The van der Waals surface area contributed by atoms with E-state index < -0.39 is 10.0 Å². The summed E-state index contributed by atoms with van der Waals surface area (Å²) in [5.41, 5.74) is 0.863. The Morgan fingerprint density at radius 2 is 2.17 bits per heavy atom. The predicted octanol–water partition coefficient (Wildman–Crippen LogP) is 1.08. The smallest absolute Gasteiger partial charge is 0.207 e. The molecule has 0 aromatic heterocycles. The summed E-state index contributed by atoms with van der Waals surface area (Å²) in [6.07, 6.45) is 0. The van der Waals surface area contributed by atoms with E-state index in [1.54, 1.807) is 12.1 Å². The van der Waals surface area contributed by atoms with Crippen LogP contribution < -0.4 is 4.72 Å². The van der Waals surface area contributed by atoms with Crippen molar-refractivity contribution in [3.8, 4) is 0 Å². The van der Waals surface area contributed by atoms with Gasteiger partial charge in [-0.1, -0.05) is 0 Å². The summed E-state index contributed by atoms with van der Waals surface area (Å²) in [6, 6.07) is 5.32. The molecule has 1 aromatic rings. The van der Waals surface area contributed by atoms with Crippen molar-refractivity contribution in [2.75, 3.05) is 0 Å². The number of rotatable bonds is 0. The molecule has 0 amide bonds. The maximum atomic E-state index is 11.3. The third kappa shape index (κ3) is 1.25. The second-order valence-corrected chi connectivity index (χ2v) is 5.56. The van der Waals surface area contributed by atoms with E-state index >= 15 is 0 Å². The van der Waals surface area contributed by atoms with Crippen molar-refractivity contribution in [3.05, 3.63) is 27.3 Å². The van der Waals surface area contributed by atoms with Gasteiger partial charge in [-0.2, -0.15) is 0 Å². The Balaban J connectivity index is 2.71. The maximum Gasteiger partial charge on any atom is 0.241 e. The molecule has 1 heterocycles. The molecule has 5 heteroatoms. The molecule has 3 nitrogen and oxygen atoms in total. The molecule has 0 saturated heterocycles. The lowest BCUT2D eigenvalue weighted by molar-refractivity contribution is 0.589. The summed E-state index contributed by atoms with van der Waals surface area (Å²) in [4.78, 5) is 0.419. The molecular formula is C7H6INO2S. The van der Waals surface area contributed by atoms with Crippen molar-refractivity contribution in [2.45, 2.75) is 11.4 Å². The first-order valence-corrected chi connectivity index (χ1v) is 5.94. The first-order chi connectivity index (χ1) is 5.59. The second-order valence-electron chi connectivity index (χ2n) is 2.58. The summed E-state index contributed by atoms with van der Waals surface area (Å²) in [5, 5.41) is 0. The van der Waals surface area contributed by atoms with Crippen LogP contribution in [0.25, 0.3) is 0 Å². The third-order valence-electron chi connectivity index (χ3n) is 1.76. The van der Waals surface area contributed by atoms with Crippen molar-refractivity contribution in [2.24, 2.45) is 0 Å². The van der Waals surface area contributed by atoms with Crippen LogP contribution in [0.4, 0.5) is 0 Å². The molecule has 0 atom stereocenters. The van der Waals surface area contributed by atoms with Crippen molar-refractivity contribution in [1.82, 2.24) is 4.72 Å². The molecule has 0 unspecified atom stereocenters. The van der Waals surface area contributed by atoms with Crippen LogP contribution in [-0.4, -0.2) is 8.42 Å². The molecule has 0 radical (unpaired) electrons. The van der Waals surface area contributed by atoms with Crippen LogP contribution in [0.3, 0.4) is 0 Å². The van der Waals surface area contributed by atoms with Crippen LogP contribution in [0.15, 0.2) is 23.1 Å². The highest BCUT2D eigenvalue weighted by atomic mass is 127. The largest absolute Gasteiger partial charge is 0.241 e. The maximum absolute atomic E-state index is 11.3. The Kier molecular flexibility index (Phi) is 1.89. The van der Waals surface area contributed by atoms with Crippen molar-refractivity contribution >= 4 is 32.6 Å². The van der Waals surface area contributed by atoms with Gasteiger partial charge in [0, 0.05) is 10.1 Å². The van der Waals surface area contributed by atoms with Crippen LogP contribution in [-0.2, 0) is 16.6 Å². The highest BCUT2D eigenvalue weighted by Gasteiger charge is 2.24. The van der Waals surface area contributed by atoms with Gasteiger partial charge in [0.1, 0.15) is 0 Å². The van der Waals surface area contributed by atoms with Gasteiger partial charge in [-0.25, -0.2) is 13.1 Å². The second kappa shape index (κ2) is 2.68. The number of hydrogen-bond donors (Lipinski definition) is 1. The fourth-order valence-corrected chi connectivity index (χ4v) is 2.98. The van der Waals surface area contributed by atoms with Crippen molar-refractivity contribution in [3.63, 3.8) is 0 Å². The van der Waals surface area contributed by atoms with Gasteiger partial charge in [0.05, 0.1) is 4.90 Å². The highest BCUT2D eigenvalue weighted by Crippen LogP contribution is 2.23. The first-order valence-electron chi connectivity index (χ1n) is 3.38. The van der Waals surface area contributed by atoms with Crippen LogP contribution in [0, 0.1) is 3.57 Å². The summed E-state index contributed by atoms with van der Waals surface area (Å²) >= 11 is 2.16. The van der Waals surface area contributed by atoms with Crippen LogP contribution in [0.1, 0.15) is 5.56 Å². The topological polar surface area (TPSA) is 46.2 Å². The van der Waals surface area contributed by atoms with Gasteiger partial charge in [-0.3, -0.25) is 0 Å². The molecule has 12 heavy (non-hydrogen) atoms. The van der Waals surface area contributed by atoms with E-state index in [0.717, 1.165) is 9.13 Å². The monoisotopic (exact) mass is 295 g/mol. The third-order valence-corrected chi connectivity index (χ3v) is 3.94. The van der Waals surface area contributed by atoms with Gasteiger partial charge in [0.25, 0.3) is 0 Å². The van der Waals surface area contributed by atoms with Gasteiger partial charge in [-0.05, 0) is 46.4 Å². The minimum Gasteiger partial charge on any atom is -0.207 e. The van der Waals surface area contributed by atoms with E-state index in [9.17, 15) is 8.42 Å². The Hall–Kier alpha value is -0.140. The highest BCUT2D eigenvalue weighted by molar-refractivity contribution is 14.1. The standard InChI is InChI=1S/C7H6INO2S/c8-6-1-2-7-5(3-6)4-9-12(7,10)11/h1-3,9H,4H2. The quantitative estimate of drug-likeness (QED) is 0.728. The molecule has 1 aliphatic heterocycles. The van der Waals surface area contributed by atoms with Crippen LogP contribution in [0.2, 0.25) is 0 Å². The van der Waals surface area contributed by atoms with Gasteiger partial charge >= 0.3 is 0 Å². The molecule has 1 aliphatic rings. The molecule has 0 spiro atoms. The Morgan fingerprint density at radius 3 is 2.92 bits per heavy atom. The summed E-state index contributed by atoms with van der Waals surface area (Å²) in [7, 11) is -3.18. The van der Waals surface area contributed by atoms with Crippen LogP contribution >= 0.6 is 22.6 Å². The SMILES string of the molecule is O=S1(=O)NCc2cc(I)ccc21. The lowest BCUT2D eigenvalue weighted by atomic mass is 10.2. The van der Waals surface area contributed by atoms with E-state index in [4.69, 9.17) is 0 Å². The van der Waals surface area contributed by atoms with E-state index in [1.165, 1.54) is 0 Å². The molecule has 64 valence electrons. The molecular weight excluding hydrogens is 289 g/mol. The molecule has 1 N–H and O–H groups in total. The zero-order valence-electron chi connectivity index (χ0n) is 6.04. The van der Waals surface area contributed by atoms with Crippen molar-refractivity contribution < 1.29 is 8.42 Å². The molecule has 0 bridgehead atoms. The summed E-state index contributed by atoms with van der Waals surface area (Å²) in [5.74, 6) is 0. The van der Waals surface area contributed by atoms with Crippen molar-refractivity contribution in [1.29, 1.82) is 0 Å². The number of sulfonamides is 1. The molecule has 1 aromatic carbocycles. The number of benzene rings is 1. The number of fused-ring (bicyclic) bond motifs is 1. The fraction of sp³-hybridized carbons (Fsp3) is 0.143.